The van der Waals surface area contributed by atoms with Gasteiger partial charge in [-0.3, -0.25) is 14.5 Å². The standard InChI is InChI=1S/C12H20F3N3O3/c1-10(20)17-2-4-18(5-3-17)11(21)8-16(6-7-19)9-12(13,14)15/h19H,2-9H2,1H3. The van der Waals surface area contributed by atoms with Crippen LogP contribution >= 0.6 is 0 Å². The minimum atomic E-state index is -4.41. The lowest BCUT2D eigenvalue weighted by Crippen LogP contribution is -2.53. The van der Waals surface area contributed by atoms with Crippen molar-refractivity contribution in [1.82, 2.24) is 14.7 Å². The van der Waals surface area contributed by atoms with Crippen LogP contribution in [-0.2, 0) is 9.59 Å². The third-order valence-corrected chi connectivity index (χ3v) is 3.26. The summed E-state index contributed by atoms with van der Waals surface area (Å²) in [5, 5.41) is 8.77. The molecule has 2 amide bonds. The van der Waals surface area contributed by atoms with Crippen LogP contribution in [0.4, 0.5) is 13.2 Å². The highest BCUT2D eigenvalue weighted by Crippen LogP contribution is 2.16. The van der Waals surface area contributed by atoms with Crippen LogP contribution < -0.4 is 0 Å². The van der Waals surface area contributed by atoms with Crippen LogP contribution in [0.25, 0.3) is 0 Å². The molecule has 1 N–H and O–H groups in total. The van der Waals surface area contributed by atoms with Gasteiger partial charge in [-0.1, -0.05) is 0 Å². The zero-order valence-electron chi connectivity index (χ0n) is 11.9. The lowest BCUT2D eigenvalue weighted by Gasteiger charge is -2.35. The van der Waals surface area contributed by atoms with Gasteiger partial charge in [0.15, 0.2) is 0 Å². The number of halogens is 3. The van der Waals surface area contributed by atoms with Gasteiger partial charge in [-0.2, -0.15) is 13.2 Å². The van der Waals surface area contributed by atoms with Crippen molar-refractivity contribution in [3.63, 3.8) is 0 Å². The summed E-state index contributed by atoms with van der Waals surface area (Å²) in [4.78, 5) is 27.0. The molecule has 6 nitrogen and oxygen atoms in total. The molecule has 0 saturated carbocycles. The van der Waals surface area contributed by atoms with Crippen molar-refractivity contribution in [1.29, 1.82) is 0 Å². The van der Waals surface area contributed by atoms with E-state index in [0.29, 0.717) is 26.2 Å². The predicted octanol–water partition coefficient (Wildman–Crippen LogP) is -0.466. The number of carbonyl (C=O) groups is 2. The summed E-state index contributed by atoms with van der Waals surface area (Å²) in [6.07, 6.45) is -4.41. The van der Waals surface area contributed by atoms with Gasteiger partial charge < -0.3 is 14.9 Å². The largest absolute Gasteiger partial charge is 0.401 e. The summed E-state index contributed by atoms with van der Waals surface area (Å²) < 4.78 is 37.1. The van der Waals surface area contributed by atoms with Crippen molar-refractivity contribution in [3.05, 3.63) is 0 Å². The average molecular weight is 311 g/mol. The number of hydrogen-bond acceptors (Lipinski definition) is 4. The smallest absolute Gasteiger partial charge is 0.395 e. The quantitative estimate of drug-likeness (QED) is 0.746. The molecule has 1 aliphatic heterocycles. The van der Waals surface area contributed by atoms with E-state index in [1.165, 1.54) is 11.8 Å². The van der Waals surface area contributed by atoms with Gasteiger partial charge in [0.1, 0.15) is 0 Å². The number of aliphatic hydroxyl groups is 1. The third-order valence-electron chi connectivity index (χ3n) is 3.26. The normalized spacial score (nSPS) is 16.5. The molecule has 122 valence electrons. The Morgan fingerprint density at radius 3 is 2.10 bits per heavy atom. The molecule has 21 heavy (non-hydrogen) atoms. The Bertz CT molecular complexity index is 368. The second-order valence-corrected chi connectivity index (χ2v) is 4.94. The molecule has 0 bridgehead atoms. The maximum Gasteiger partial charge on any atom is 0.401 e. The highest BCUT2D eigenvalue weighted by atomic mass is 19.4. The molecule has 0 unspecified atom stereocenters. The van der Waals surface area contributed by atoms with Crippen molar-refractivity contribution >= 4 is 11.8 Å². The van der Waals surface area contributed by atoms with E-state index in [0.717, 1.165) is 4.90 Å². The molecular formula is C12H20F3N3O3. The number of piperazine rings is 1. The summed E-state index contributed by atoms with van der Waals surface area (Å²) >= 11 is 0. The molecule has 0 atom stereocenters. The number of alkyl halides is 3. The van der Waals surface area contributed by atoms with E-state index in [1.807, 2.05) is 0 Å². The summed E-state index contributed by atoms with van der Waals surface area (Å²) in [5.74, 6) is -0.503. The van der Waals surface area contributed by atoms with Crippen LogP contribution in [0, 0.1) is 0 Å². The zero-order valence-corrected chi connectivity index (χ0v) is 11.9. The molecule has 1 rings (SSSR count). The van der Waals surface area contributed by atoms with Gasteiger partial charge >= 0.3 is 6.18 Å². The van der Waals surface area contributed by atoms with E-state index in [-0.39, 0.29) is 19.0 Å². The fourth-order valence-electron chi connectivity index (χ4n) is 2.17. The van der Waals surface area contributed by atoms with E-state index in [1.54, 1.807) is 4.90 Å². The number of amides is 2. The minimum absolute atomic E-state index is 0.0823. The molecule has 9 heteroatoms. The molecule has 1 aliphatic rings. The van der Waals surface area contributed by atoms with E-state index in [4.69, 9.17) is 5.11 Å². The van der Waals surface area contributed by atoms with Gasteiger partial charge in [0.25, 0.3) is 0 Å². The van der Waals surface area contributed by atoms with Crippen LogP contribution in [0.3, 0.4) is 0 Å². The van der Waals surface area contributed by atoms with Gasteiger partial charge in [0.05, 0.1) is 19.7 Å². The number of rotatable bonds is 5. The molecule has 0 aromatic heterocycles. The first-order valence-electron chi connectivity index (χ1n) is 6.66. The van der Waals surface area contributed by atoms with Crippen LogP contribution in [0.2, 0.25) is 0 Å². The molecule has 1 saturated heterocycles. The Kier molecular flexibility index (Phi) is 6.41. The monoisotopic (exact) mass is 311 g/mol. The molecule has 0 radical (unpaired) electrons. The van der Waals surface area contributed by atoms with E-state index in [2.05, 4.69) is 0 Å². The molecule has 0 aromatic carbocycles. The number of nitrogens with zero attached hydrogens (tertiary/aromatic N) is 3. The van der Waals surface area contributed by atoms with Crippen molar-refractivity contribution in [2.45, 2.75) is 13.1 Å². The maximum atomic E-state index is 12.4. The number of aliphatic hydroxyl groups excluding tert-OH is 1. The molecule has 1 fully saturated rings. The molecule has 1 heterocycles. The highest BCUT2D eigenvalue weighted by Gasteiger charge is 2.32. The van der Waals surface area contributed by atoms with Crippen LogP contribution in [0.1, 0.15) is 6.92 Å². The molecular weight excluding hydrogens is 291 g/mol. The van der Waals surface area contributed by atoms with Crippen LogP contribution in [-0.4, -0.2) is 90.2 Å². The van der Waals surface area contributed by atoms with Crippen LogP contribution in [0.15, 0.2) is 0 Å². The van der Waals surface area contributed by atoms with Gasteiger partial charge in [-0.15, -0.1) is 0 Å². The first-order valence-corrected chi connectivity index (χ1v) is 6.66. The zero-order chi connectivity index (χ0) is 16.0. The number of hydrogen-bond donors (Lipinski definition) is 1. The van der Waals surface area contributed by atoms with Gasteiger partial charge in [-0.05, 0) is 0 Å². The first kappa shape index (κ1) is 17.7. The topological polar surface area (TPSA) is 64.1 Å². The lowest BCUT2D eigenvalue weighted by atomic mass is 10.3. The Morgan fingerprint density at radius 1 is 1.14 bits per heavy atom. The SMILES string of the molecule is CC(=O)N1CCN(C(=O)CN(CCO)CC(F)(F)F)CC1. The summed E-state index contributed by atoms with van der Waals surface area (Å²) in [7, 11) is 0. The molecule has 0 aliphatic carbocycles. The Hall–Kier alpha value is -1.35. The third kappa shape index (κ3) is 6.30. The molecule has 0 spiro atoms. The minimum Gasteiger partial charge on any atom is -0.395 e. The number of carbonyl (C=O) groups excluding carboxylic acids is 2. The van der Waals surface area contributed by atoms with E-state index >= 15 is 0 Å². The second kappa shape index (κ2) is 7.60. The van der Waals surface area contributed by atoms with Gasteiger partial charge in [-0.25, -0.2) is 0 Å². The van der Waals surface area contributed by atoms with Crippen molar-refractivity contribution < 1.29 is 27.9 Å². The summed E-state index contributed by atoms with van der Waals surface area (Å²) in [6.45, 7) is 0.576. The van der Waals surface area contributed by atoms with Gasteiger partial charge in [0.2, 0.25) is 11.8 Å². The van der Waals surface area contributed by atoms with Crippen molar-refractivity contribution in [2.24, 2.45) is 0 Å². The Balaban J connectivity index is 2.49. The van der Waals surface area contributed by atoms with Crippen LogP contribution in [0.5, 0.6) is 0 Å². The predicted molar refractivity (Wildman–Crippen MR) is 68.4 cm³/mol. The van der Waals surface area contributed by atoms with E-state index < -0.39 is 25.2 Å². The lowest BCUT2D eigenvalue weighted by molar-refractivity contribution is -0.153. The summed E-state index contributed by atoms with van der Waals surface area (Å²) in [5.41, 5.74) is 0. The molecule has 0 aromatic rings. The Morgan fingerprint density at radius 2 is 1.67 bits per heavy atom. The summed E-state index contributed by atoms with van der Waals surface area (Å²) in [6, 6.07) is 0. The fourth-order valence-corrected chi connectivity index (χ4v) is 2.17. The Labute approximate surface area is 121 Å². The van der Waals surface area contributed by atoms with Gasteiger partial charge in [0, 0.05) is 39.6 Å². The average Bonchev–Trinajstić information content (AvgIpc) is 2.37. The maximum absolute atomic E-state index is 12.4. The fraction of sp³-hybridized carbons (Fsp3) is 0.833. The second-order valence-electron chi connectivity index (χ2n) is 4.94. The van der Waals surface area contributed by atoms with E-state index in [9.17, 15) is 22.8 Å². The van der Waals surface area contributed by atoms with Crippen molar-refractivity contribution in [2.75, 3.05) is 52.4 Å². The first-order chi connectivity index (χ1) is 9.73. The highest BCUT2D eigenvalue weighted by molar-refractivity contribution is 5.79. The van der Waals surface area contributed by atoms with Crippen molar-refractivity contribution in [3.8, 4) is 0 Å².